The van der Waals surface area contributed by atoms with Crippen molar-refractivity contribution < 1.29 is 36.5 Å². The summed E-state index contributed by atoms with van der Waals surface area (Å²) in [5, 5.41) is 20.0. The van der Waals surface area contributed by atoms with E-state index in [1.807, 2.05) is 0 Å². The molecule has 0 aliphatic heterocycles. The Morgan fingerprint density at radius 3 is 2.15 bits per heavy atom. The molecule has 0 bridgehead atoms. The number of rotatable bonds is 8. The Balaban J connectivity index is 0.00000364. The first kappa shape index (κ1) is 22.4. The number of phenolic OH excluding ortho intramolecular Hbond substituents is 2. The summed E-state index contributed by atoms with van der Waals surface area (Å²) in [6.07, 6.45) is 4.73. The molecular weight excluding hydrogens is 391 g/mol. The van der Waals surface area contributed by atoms with E-state index in [1.165, 1.54) is 14.2 Å². The van der Waals surface area contributed by atoms with Gasteiger partial charge < -0.3 is 25.4 Å². The summed E-state index contributed by atoms with van der Waals surface area (Å²) < 4.78 is 10.1. The molecule has 0 heterocycles. The van der Waals surface area contributed by atoms with Crippen molar-refractivity contribution in [3.8, 4) is 23.0 Å². The predicted molar refractivity (Wildman–Crippen MR) is 103 cm³/mol. The van der Waals surface area contributed by atoms with Gasteiger partial charge in [0.15, 0.2) is 23.0 Å². The molecule has 0 amide bonds. The number of benzene rings is 2. The minimum Gasteiger partial charge on any atom is -0.504 e. The number of allylic oxidation sites excluding steroid dienone is 1. The van der Waals surface area contributed by atoms with Crippen molar-refractivity contribution in [2.45, 2.75) is 12.8 Å². The second kappa shape index (κ2) is 11.2. The molecular formula is C20H24CoN2O4. The number of phenols is 2. The zero-order chi connectivity index (χ0) is 18.9. The average molecular weight is 415 g/mol. The zero-order valence-corrected chi connectivity index (χ0v) is 16.3. The molecule has 0 unspecified atom stereocenters. The van der Waals surface area contributed by atoms with Gasteiger partial charge in [0, 0.05) is 46.4 Å². The van der Waals surface area contributed by atoms with Gasteiger partial charge in [0.05, 0.1) is 14.2 Å². The molecule has 7 heteroatoms. The van der Waals surface area contributed by atoms with Crippen molar-refractivity contribution in [3.05, 3.63) is 53.2 Å². The van der Waals surface area contributed by atoms with Crippen LogP contribution < -0.4 is 15.2 Å². The number of ether oxygens (including phenoxy) is 2. The van der Waals surface area contributed by atoms with Gasteiger partial charge in [-0.05, 0) is 37.1 Å². The fourth-order valence-corrected chi connectivity index (χ4v) is 2.44. The van der Waals surface area contributed by atoms with E-state index < -0.39 is 0 Å². The van der Waals surface area contributed by atoms with Gasteiger partial charge in [-0.2, -0.15) is 0 Å². The van der Waals surface area contributed by atoms with Crippen LogP contribution in [0.4, 0.5) is 0 Å². The summed E-state index contributed by atoms with van der Waals surface area (Å²) in [5.74, 6) is 0.976. The van der Waals surface area contributed by atoms with E-state index in [-0.39, 0.29) is 28.3 Å². The summed E-state index contributed by atoms with van der Waals surface area (Å²) in [4.78, 5) is 4.31. The second-order valence-electron chi connectivity index (χ2n) is 5.65. The number of nitrogens with zero attached hydrogens (tertiary/aromatic N) is 1. The molecule has 0 aromatic heterocycles. The van der Waals surface area contributed by atoms with Gasteiger partial charge in [0.1, 0.15) is 0 Å². The summed E-state index contributed by atoms with van der Waals surface area (Å²) in [6, 6.07) is 10.5. The Bertz CT molecular complexity index is 807. The molecule has 0 atom stereocenters. The molecule has 4 N–H and O–H groups in total. The molecule has 0 aliphatic rings. The van der Waals surface area contributed by atoms with Crippen LogP contribution >= 0.6 is 0 Å². The molecule has 0 saturated carbocycles. The van der Waals surface area contributed by atoms with Crippen LogP contribution in [-0.2, 0) is 16.8 Å². The fraction of sp³-hybridized carbons (Fsp3) is 0.250. The van der Waals surface area contributed by atoms with Gasteiger partial charge in [-0.25, -0.2) is 0 Å². The first-order chi connectivity index (χ1) is 12.6. The number of aliphatic imine (C=N–C) groups is 1. The summed E-state index contributed by atoms with van der Waals surface area (Å²) in [6.45, 7) is 0.565. The molecule has 1 radical (unpaired) electrons. The van der Waals surface area contributed by atoms with Crippen molar-refractivity contribution in [2.24, 2.45) is 10.7 Å². The Morgan fingerprint density at radius 2 is 1.56 bits per heavy atom. The van der Waals surface area contributed by atoms with Crippen LogP contribution in [0.5, 0.6) is 23.0 Å². The number of para-hydroxylation sites is 2. The van der Waals surface area contributed by atoms with Gasteiger partial charge in [0.2, 0.25) is 0 Å². The number of hydrogen-bond acceptors (Lipinski definition) is 6. The third-order valence-electron chi connectivity index (χ3n) is 3.82. The SMILES string of the molecule is COc1cccc(C=NCCCC(N)=Cc2cccc(OC)c2O)c1O.[Co]. The van der Waals surface area contributed by atoms with Gasteiger partial charge in [-0.15, -0.1) is 0 Å². The van der Waals surface area contributed by atoms with Crippen molar-refractivity contribution in [3.63, 3.8) is 0 Å². The molecule has 6 nitrogen and oxygen atoms in total. The standard InChI is InChI=1S/C20H24N2O4.Co/c1-25-17-9-3-6-14(19(17)23)12-16(21)8-5-11-22-13-15-7-4-10-18(26-2)20(15)24;/h3-4,6-7,9-10,12-13,23-24H,5,8,11,21H2,1-2H3;. The number of nitrogens with two attached hydrogens (primary N) is 1. The maximum atomic E-state index is 10.1. The van der Waals surface area contributed by atoms with Crippen LogP contribution in [0.15, 0.2) is 47.1 Å². The largest absolute Gasteiger partial charge is 0.504 e. The topological polar surface area (TPSA) is 97.3 Å². The van der Waals surface area contributed by atoms with Crippen molar-refractivity contribution in [1.82, 2.24) is 0 Å². The van der Waals surface area contributed by atoms with Crippen LogP contribution in [0.3, 0.4) is 0 Å². The van der Waals surface area contributed by atoms with Crippen molar-refractivity contribution in [2.75, 3.05) is 20.8 Å². The summed E-state index contributed by atoms with van der Waals surface area (Å²) >= 11 is 0. The maximum absolute atomic E-state index is 10.1. The number of hydrogen-bond donors (Lipinski definition) is 3. The van der Waals surface area contributed by atoms with E-state index in [0.717, 1.165) is 6.42 Å². The molecule has 0 saturated heterocycles. The first-order valence-corrected chi connectivity index (χ1v) is 8.24. The van der Waals surface area contributed by atoms with Gasteiger partial charge in [-0.3, -0.25) is 4.99 Å². The fourth-order valence-electron chi connectivity index (χ4n) is 2.44. The van der Waals surface area contributed by atoms with Gasteiger partial charge >= 0.3 is 0 Å². The molecule has 2 rings (SSSR count). The van der Waals surface area contributed by atoms with Crippen LogP contribution in [0, 0.1) is 0 Å². The summed E-state index contributed by atoms with van der Waals surface area (Å²) in [5.41, 5.74) is 7.89. The quantitative estimate of drug-likeness (QED) is 0.454. The Morgan fingerprint density at radius 1 is 1.00 bits per heavy atom. The van der Waals surface area contributed by atoms with Crippen LogP contribution in [0.2, 0.25) is 0 Å². The minimum absolute atomic E-state index is 0. The van der Waals surface area contributed by atoms with Crippen LogP contribution in [-0.4, -0.2) is 37.2 Å². The average Bonchev–Trinajstić information content (AvgIpc) is 2.64. The molecule has 0 fully saturated rings. The van der Waals surface area contributed by atoms with E-state index >= 15 is 0 Å². The normalized spacial score (nSPS) is 11.3. The second-order valence-corrected chi connectivity index (χ2v) is 5.65. The maximum Gasteiger partial charge on any atom is 0.166 e. The molecule has 2 aromatic rings. The molecule has 0 spiro atoms. The molecule has 0 aliphatic carbocycles. The predicted octanol–water partition coefficient (Wildman–Crippen LogP) is 3.31. The monoisotopic (exact) mass is 415 g/mol. The Kier molecular flexibility index (Phi) is 9.25. The Hall–Kier alpha value is -2.64. The molecule has 147 valence electrons. The van der Waals surface area contributed by atoms with E-state index in [0.29, 0.717) is 41.3 Å². The van der Waals surface area contributed by atoms with E-state index in [4.69, 9.17) is 15.2 Å². The zero-order valence-electron chi connectivity index (χ0n) is 15.3. The molecule has 2 aromatic carbocycles. The Labute approximate surface area is 169 Å². The minimum atomic E-state index is 0. The van der Waals surface area contributed by atoms with E-state index in [9.17, 15) is 10.2 Å². The molecule has 27 heavy (non-hydrogen) atoms. The van der Waals surface area contributed by atoms with E-state index in [2.05, 4.69) is 4.99 Å². The van der Waals surface area contributed by atoms with Crippen LogP contribution in [0.1, 0.15) is 24.0 Å². The third-order valence-corrected chi connectivity index (χ3v) is 3.82. The smallest absolute Gasteiger partial charge is 0.166 e. The van der Waals surface area contributed by atoms with Crippen molar-refractivity contribution >= 4 is 12.3 Å². The third kappa shape index (κ3) is 6.23. The summed E-state index contributed by atoms with van der Waals surface area (Å²) in [7, 11) is 3.01. The number of methoxy groups -OCH3 is 2. The first-order valence-electron chi connectivity index (χ1n) is 8.24. The van der Waals surface area contributed by atoms with E-state index in [1.54, 1.807) is 48.7 Å². The number of aromatic hydroxyl groups is 2. The van der Waals surface area contributed by atoms with Crippen molar-refractivity contribution in [1.29, 1.82) is 0 Å². The van der Waals surface area contributed by atoms with Gasteiger partial charge in [-0.1, -0.05) is 18.2 Å². The van der Waals surface area contributed by atoms with Crippen LogP contribution in [0.25, 0.3) is 6.08 Å². The van der Waals surface area contributed by atoms with Gasteiger partial charge in [0.25, 0.3) is 0 Å².